The summed E-state index contributed by atoms with van der Waals surface area (Å²) in [6, 6.07) is 5.12. The van der Waals surface area contributed by atoms with Crippen LogP contribution in [0.3, 0.4) is 0 Å². The van der Waals surface area contributed by atoms with E-state index in [9.17, 15) is 13.2 Å². The van der Waals surface area contributed by atoms with Crippen molar-refractivity contribution in [2.45, 2.75) is 13.1 Å². The molecule has 7 heteroatoms. The topological polar surface area (TPSA) is 48.2 Å². The zero-order valence-corrected chi connectivity index (χ0v) is 11.5. The predicted octanol–water partition coefficient (Wildman–Crippen LogP) is 3.73. The van der Waals surface area contributed by atoms with Gasteiger partial charge in [0.25, 0.3) is 0 Å². The highest BCUT2D eigenvalue weighted by molar-refractivity contribution is 8.14. The predicted molar refractivity (Wildman–Crippen MR) is 73.7 cm³/mol. The highest BCUT2D eigenvalue weighted by atomic mass is 32.2. The van der Waals surface area contributed by atoms with E-state index < -0.39 is 11.7 Å². The second-order valence-corrected chi connectivity index (χ2v) is 5.57. The lowest BCUT2D eigenvalue weighted by Gasteiger charge is -2.18. The van der Waals surface area contributed by atoms with E-state index in [-0.39, 0.29) is 11.3 Å². The van der Waals surface area contributed by atoms with Crippen molar-refractivity contribution < 1.29 is 13.2 Å². The molecule has 2 rings (SSSR count). The average Bonchev–Trinajstić information content (AvgIpc) is 2.40. The Bertz CT molecular complexity index is 575. The number of nitriles is 1. The fraction of sp³-hybridized carbons (Fsp3) is 0.385. The summed E-state index contributed by atoms with van der Waals surface area (Å²) in [5, 5.41) is 12.2. The van der Waals surface area contributed by atoms with Crippen LogP contribution >= 0.6 is 11.8 Å². The molecule has 1 aliphatic rings. The number of nitrogens with zero attached hydrogens (tertiary/aromatic N) is 2. The normalized spacial score (nSPS) is 19.1. The number of alkyl halides is 3. The number of benzene rings is 1. The maximum atomic E-state index is 12.8. The van der Waals surface area contributed by atoms with E-state index >= 15 is 0 Å². The zero-order chi connectivity index (χ0) is 14.8. The third-order valence-corrected chi connectivity index (χ3v) is 3.99. The van der Waals surface area contributed by atoms with Gasteiger partial charge in [0.2, 0.25) is 0 Å². The molecule has 1 atom stereocenters. The number of hydrogen-bond acceptors (Lipinski definition) is 4. The van der Waals surface area contributed by atoms with Crippen LogP contribution in [0.25, 0.3) is 0 Å². The first-order chi connectivity index (χ1) is 9.40. The molecular formula is C13H12F3N3S. The van der Waals surface area contributed by atoms with Crippen LogP contribution in [-0.4, -0.2) is 17.5 Å². The Morgan fingerprint density at radius 1 is 1.45 bits per heavy atom. The third kappa shape index (κ3) is 3.45. The molecule has 1 aromatic rings. The molecular weight excluding hydrogens is 287 g/mol. The Hall–Kier alpha value is -1.68. The molecule has 0 radical (unpaired) electrons. The van der Waals surface area contributed by atoms with Crippen LogP contribution < -0.4 is 5.32 Å². The molecule has 1 N–H and O–H groups in total. The summed E-state index contributed by atoms with van der Waals surface area (Å²) in [4.78, 5) is 4.26. The number of anilines is 1. The van der Waals surface area contributed by atoms with Gasteiger partial charge in [-0.25, -0.2) is 0 Å². The van der Waals surface area contributed by atoms with Crippen molar-refractivity contribution in [1.29, 1.82) is 5.26 Å². The largest absolute Gasteiger partial charge is 0.417 e. The first kappa shape index (κ1) is 14.7. The van der Waals surface area contributed by atoms with Gasteiger partial charge in [-0.05, 0) is 24.1 Å². The molecule has 0 bridgehead atoms. The van der Waals surface area contributed by atoms with Crippen LogP contribution in [-0.2, 0) is 6.18 Å². The molecule has 106 valence electrons. The van der Waals surface area contributed by atoms with E-state index in [1.807, 2.05) is 0 Å². The Kier molecular flexibility index (Phi) is 4.23. The first-order valence-corrected chi connectivity index (χ1v) is 6.94. The van der Waals surface area contributed by atoms with E-state index in [1.54, 1.807) is 6.07 Å². The van der Waals surface area contributed by atoms with E-state index in [1.165, 1.54) is 23.9 Å². The number of aliphatic imine (C=N–C) groups is 1. The lowest BCUT2D eigenvalue weighted by molar-refractivity contribution is -0.137. The third-order valence-electron chi connectivity index (χ3n) is 2.75. The summed E-state index contributed by atoms with van der Waals surface area (Å²) in [6.07, 6.45) is -4.54. The zero-order valence-electron chi connectivity index (χ0n) is 10.7. The maximum Gasteiger partial charge on any atom is 0.417 e. The Labute approximate surface area is 118 Å². The molecule has 1 heterocycles. The van der Waals surface area contributed by atoms with Gasteiger partial charge in [-0.1, -0.05) is 18.7 Å². The van der Waals surface area contributed by atoms with E-state index in [0.717, 1.165) is 11.8 Å². The number of nitrogens with one attached hydrogen (secondary N) is 1. The number of amidine groups is 1. The number of thioether (sulfide) groups is 1. The fourth-order valence-corrected chi connectivity index (χ4v) is 2.62. The standard InChI is InChI=1S/C13H12F3N3S/c1-8-6-18-12(20-7-8)19-10-3-2-9(5-17)11(4-10)13(14,15)16/h2-4,8H,6-7H2,1H3,(H,18,19). The van der Waals surface area contributed by atoms with Gasteiger partial charge in [-0.15, -0.1) is 0 Å². The molecule has 0 amide bonds. The summed E-state index contributed by atoms with van der Waals surface area (Å²) in [5.41, 5.74) is -1.02. The van der Waals surface area contributed by atoms with Crippen LogP contribution in [0, 0.1) is 17.2 Å². The minimum absolute atomic E-state index is 0.289. The highest BCUT2D eigenvalue weighted by Gasteiger charge is 2.33. The highest BCUT2D eigenvalue weighted by Crippen LogP contribution is 2.33. The van der Waals surface area contributed by atoms with Gasteiger partial charge in [0.15, 0.2) is 5.17 Å². The molecule has 1 aliphatic heterocycles. The van der Waals surface area contributed by atoms with Crippen LogP contribution in [0.15, 0.2) is 23.2 Å². The lowest BCUT2D eigenvalue weighted by Crippen LogP contribution is -2.19. The summed E-state index contributed by atoms with van der Waals surface area (Å²) < 4.78 is 38.5. The van der Waals surface area contributed by atoms with Crippen LogP contribution in [0.4, 0.5) is 18.9 Å². The molecule has 0 aliphatic carbocycles. The molecule has 1 unspecified atom stereocenters. The van der Waals surface area contributed by atoms with Gasteiger partial charge in [0.1, 0.15) is 0 Å². The van der Waals surface area contributed by atoms with Gasteiger partial charge in [0, 0.05) is 18.0 Å². The Morgan fingerprint density at radius 3 is 2.75 bits per heavy atom. The van der Waals surface area contributed by atoms with E-state index in [0.29, 0.717) is 17.6 Å². The van der Waals surface area contributed by atoms with Crippen LogP contribution in [0.2, 0.25) is 0 Å². The van der Waals surface area contributed by atoms with Crippen molar-refractivity contribution in [2.75, 3.05) is 17.6 Å². The van der Waals surface area contributed by atoms with Gasteiger partial charge < -0.3 is 5.32 Å². The molecule has 3 nitrogen and oxygen atoms in total. The van der Waals surface area contributed by atoms with Crippen LogP contribution in [0.1, 0.15) is 18.1 Å². The van der Waals surface area contributed by atoms with E-state index in [2.05, 4.69) is 17.2 Å². The summed E-state index contributed by atoms with van der Waals surface area (Å²) in [6.45, 7) is 2.73. The van der Waals surface area contributed by atoms with Gasteiger partial charge in [-0.3, -0.25) is 4.99 Å². The van der Waals surface area contributed by atoms with Crippen molar-refractivity contribution >= 4 is 22.6 Å². The summed E-state index contributed by atoms with van der Waals surface area (Å²) in [5.74, 6) is 1.35. The molecule has 0 saturated heterocycles. The van der Waals surface area contributed by atoms with Crippen LogP contribution in [0.5, 0.6) is 0 Å². The molecule has 0 fully saturated rings. The average molecular weight is 299 g/mol. The van der Waals surface area contributed by atoms with Gasteiger partial charge >= 0.3 is 6.18 Å². The molecule has 0 aromatic heterocycles. The molecule has 20 heavy (non-hydrogen) atoms. The first-order valence-electron chi connectivity index (χ1n) is 5.96. The van der Waals surface area contributed by atoms with Crippen molar-refractivity contribution in [3.05, 3.63) is 29.3 Å². The van der Waals surface area contributed by atoms with Crippen molar-refractivity contribution in [2.24, 2.45) is 10.9 Å². The summed E-state index contributed by atoms with van der Waals surface area (Å²) in [7, 11) is 0. The lowest BCUT2D eigenvalue weighted by atomic mass is 10.1. The summed E-state index contributed by atoms with van der Waals surface area (Å²) >= 11 is 1.48. The monoisotopic (exact) mass is 299 g/mol. The molecule has 1 aromatic carbocycles. The Morgan fingerprint density at radius 2 is 2.20 bits per heavy atom. The fourth-order valence-electron chi connectivity index (χ4n) is 1.71. The second-order valence-electron chi connectivity index (χ2n) is 4.56. The van der Waals surface area contributed by atoms with Gasteiger partial charge in [-0.2, -0.15) is 18.4 Å². The number of halogens is 3. The van der Waals surface area contributed by atoms with Crippen molar-refractivity contribution in [3.63, 3.8) is 0 Å². The minimum atomic E-state index is -4.54. The molecule has 0 spiro atoms. The minimum Gasteiger partial charge on any atom is -0.335 e. The Balaban J connectivity index is 2.24. The van der Waals surface area contributed by atoms with E-state index in [4.69, 9.17) is 5.26 Å². The van der Waals surface area contributed by atoms with Crippen molar-refractivity contribution in [1.82, 2.24) is 0 Å². The van der Waals surface area contributed by atoms with Gasteiger partial charge in [0.05, 0.1) is 17.2 Å². The smallest absolute Gasteiger partial charge is 0.335 e. The maximum absolute atomic E-state index is 12.8. The number of rotatable bonds is 1. The molecule has 0 saturated carbocycles. The quantitative estimate of drug-likeness (QED) is 0.859. The van der Waals surface area contributed by atoms with Crippen molar-refractivity contribution in [3.8, 4) is 6.07 Å². The second kappa shape index (κ2) is 5.75. The number of hydrogen-bond donors (Lipinski definition) is 1. The SMILES string of the molecule is CC1CN=C(Nc2ccc(C#N)c(C(F)(F)F)c2)SC1.